The van der Waals surface area contributed by atoms with Crippen molar-refractivity contribution in [3.63, 3.8) is 0 Å². The summed E-state index contributed by atoms with van der Waals surface area (Å²) in [5, 5.41) is 3.35. The van der Waals surface area contributed by atoms with E-state index in [0.29, 0.717) is 18.4 Å². The third-order valence-corrected chi connectivity index (χ3v) is 7.93. The molecule has 1 N–H and O–H groups in total. The predicted molar refractivity (Wildman–Crippen MR) is 116 cm³/mol. The van der Waals surface area contributed by atoms with Crippen molar-refractivity contribution in [1.29, 1.82) is 0 Å². The molecule has 1 heterocycles. The first kappa shape index (κ1) is 21.6. The lowest BCUT2D eigenvalue weighted by Gasteiger charge is -2.53. The van der Waals surface area contributed by atoms with E-state index >= 15 is 0 Å². The molecule has 5 heteroatoms. The zero-order valence-electron chi connectivity index (χ0n) is 19.3. The monoisotopic (exact) mass is 415 g/mol. The van der Waals surface area contributed by atoms with Crippen LogP contribution in [0.15, 0.2) is 18.2 Å². The molecular formula is C25H37NO4. The second kappa shape index (κ2) is 7.83. The van der Waals surface area contributed by atoms with E-state index in [9.17, 15) is 4.79 Å². The van der Waals surface area contributed by atoms with Crippen LogP contribution in [0.2, 0.25) is 0 Å². The molecule has 1 amide bonds. The number of benzene rings is 1. The molecule has 4 rings (SSSR count). The highest BCUT2D eigenvalue weighted by atomic mass is 16.5. The first-order valence-electron chi connectivity index (χ1n) is 11.4. The van der Waals surface area contributed by atoms with Crippen LogP contribution in [0.3, 0.4) is 0 Å². The molecule has 2 bridgehead atoms. The summed E-state index contributed by atoms with van der Waals surface area (Å²) in [6, 6.07) is 6.64. The minimum atomic E-state index is 0.0554. The Kier molecular flexibility index (Phi) is 5.65. The Morgan fingerprint density at radius 1 is 1.33 bits per heavy atom. The number of carbonyl (C=O) groups excluding carboxylic acids is 1. The van der Waals surface area contributed by atoms with E-state index < -0.39 is 0 Å². The summed E-state index contributed by atoms with van der Waals surface area (Å²) >= 11 is 0. The van der Waals surface area contributed by atoms with E-state index in [0.717, 1.165) is 30.8 Å². The summed E-state index contributed by atoms with van der Waals surface area (Å²) in [5.41, 5.74) is 2.51. The molecule has 5 nitrogen and oxygen atoms in total. The third kappa shape index (κ3) is 3.44. The quantitative estimate of drug-likeness (QED) is 0.735. The molecule has 2 aliphatic carbocycles. The number of methoxy groups -OCH3 is 1. The van der Waals surface area contributed by atoms with Crippen molar-refractivity contribution in [1.82, 2.24) is 5.32 Å². The van der Waals surface area contributed by atoms with Crippen molar-refractivity contribution in [2.45, 2.75) is 78.7 Å². The van der Waals surface area contributed by atoms with Crippen LogP contribution in [0, 0.1) is 22.7 Å². The van der Waals surface area contributed by atoms with Gasteiger partial charge >= 0.3 is 0 Å². The lowest BCUT2D eigenvalue weighted by atomic mass is 9.59. The number of hydrogen-bond donors (Lipinski definition) is 1. The maximum atomic E-state index is 12.1. The van der Waals surface area contributed by atoms with Crippen LogP contribution in [0.1, 0.15) is 71.1 Å². The van der Waals surface area contributed by atoms with Gasteiger partial charge in [-0.2, -0.15) is 0 Å². The average Bonchev–Trinajstić information content (AvgIpc) is 3.15. The van der Waals surface area contributed by atoms with Crippen LogP contribution >= 0.6 is 0 Å². The summed E-state index contributed by atoms with van der Waals surface area (Å²) in [4.78, 5) is 12.1. The highest BCUT2D eigenvalue weighted by molar-refractivity contribution is 5.73. The molecule has 1 saturated heterocycles. The van der Waals surface area contributed by atoms with Gasteiger partial charge in [0.05, 0.1) is 18.8 Å². The molecule has 1 aromatic carbocycles. The van der Waals surface area contributed by atoms with E-state index in [1.54, 1.807) is 14.0 Å². The molecule has 1 aromatic rings. The van der Waals surface area contributed by atoms with Crippen LogP contribution in [0.5, 0.6) is 5.75 Å². The van der Waals surface area contributed by atoms with Crippen LogP contribution in [-0.2, 0) is 20.9 Å². The summed E-state index contributed by atoms with van der Waals surface area (Å²) in [7, 11) is 1.72. The lowest BCUT2D eigenvalue weighted by Crippen LogP contribution is -2.58. The van der Waals surface area contributed by atoms with Crippen molar-refractivity contribution in [3.05, 3.63) is 29.3 Å². The van der Waals surface area contributed by atoms with Gasteiger partial charge in [0.15, 0.2) is 0 Å². The van der Waals surface area contributed by atoms with Crippen LogP contribution in [0.4, 0.5) is 0 Å². The number of nitrogens with one attached hydrogen (secondary N) is 1. The smallest absolute Gasteiger partial charge is 0.217 e. The fourth-order valence-electron chi connectivity index (χ4n) is 6.73. The van der Waals surface area contributed by atoms with Gasteiger partial charge in [0.1, 0.15) is 5.75 Å². The van der Waals surface area contributed by atoms with Gasteiger partial charge in [0, 0.05) is 32.2 Å². The van der Waals surface area contributed by atoms with E-state index in [-0.39, 0.29) is 35.0 Å². The number of fused-ring (bicyclic) bond motifs is 1. The summed E-state index contributed by atoms with van der Waals surface area (Å²) in [6.45, 7) is 11.7. The molecule has 166 valence electrons. The van der Waals surface area contributed by atoms with Gasteiger partial charge in [-0.1, -0.05) is 19.9 Å². The van der Waals surface area contributed by atoms with Gasteiger partial charge in [-0.15, -0.1) is 0 Å². The Labute approximate surface area is 180 Å². The molecule has 3 aliphatic rings. The topological polar surface area (TPSA) is 56.8 Å². The van der Waals surface area contributed by atoms with Crippen molar-refractivity contribution < 1.29 is 19.0 Å². The standard InChI is InChI=1S/C25H37NO4/c1-15(2)30-21-8-7-17(11-18(21)14-28-6)22-20-12-19-13-25(20,9-10-29-22)23(24(19,4)5)26-16(3)27/h7-8,11,15,19-20,22-23H,9-10,12-14H2,1-6H3,(H,26,27)/t19-,20-,22-,23+,25?/m1/s1. The average molecular weight is 416 g/mol. The van der Waals surface area contributed by atoms with Gasteiger partial charge in [-0.05, 0) is 73.5 Å². The largest absolute Gasteiger partial charge is 0.491 e. The molecular weight excluding hydrogens is 378 g/mol. The second-order valence-electron chi connectivity index (χ2n) is 10.4. The molecule has 1 unspecified atom stereocenters. The minimum Gasteiger partial charge on any atom is -0.491 e. The van der Waals surface area contributed by atoms with E-state index in [1.807, 2.05) is 13.8 Å². The Morgan fingerprint density at radius 2 is 2.10 bits per heavy atom. The normalized spacial score (nSPS) is 34.1. The van der Waals surface area contributed by atoms with Gasteiger partial charge < -0.3 is 19.5 Å². The number of carbonyl (C=O) groups is 1. The van der Waals surface area contributed by atoms with Crippen LogP contribution < -0.4 is 10.1 Å². The van der Waals surface area contributed by atoms with E-state index in [1.165, 1.54) is 12.0 Å². The molecule has 3 fully saturated rings. The first-order valence-corrected chi connectivity index (χ1v) is 11.4. The number of amides is 1. The van der Waals surface area contributed by atoms with Crippen molar-refractivity contribution in [2.75, 3.05) is 13.7 Å². The van der Waals surface area contributed by atoms with Crippen molar-refractivity contribution in [3.8, 4) is 5.75 Å². The van der Waals surface area contributed by atoms with Gasteiger partial charge in [-0.25, -0.2) is 0 Å². The zero-order chi connectivity index (χ0) is 21.7. The van der Waals surface area contributed by atoms with Gasteiger partial charge in [0.25, 0.3) is 0 Å². The minimum absolute atomic E-state index is 0.0554. The second-order valence-corrected chi connectivity index (χ2v) is 10.4. The molecule has 2 saturated carbocycles. The number of hydrogen-bond acceptors (Lipinski definition) is 4. The first-order chi connectivity index (χ1) is 14.2. The molecule has 0 radical (unpaired) electrons. The fourth-order valence-corrected chi connectivity index (χ4v) is 6.73. The maximum Gasteiger partial charge on any atom is 0.217 e. The highest BCUT2D eigenvalue weighted by Gasteiger charge is 2.68. The zero-order valence-corrected chi connectivity index (χ0v) is 19.3. The van der Waals surface area contributed by atoms with E-state index in [4.69, 9.17) is 14.2 Å². The predicted octanol–water partition coefficient (Wildman–Crippen LogP) is 4.64. The Hall–Kier alpha value is -1.59. The van der Waals surface area contributed by atoms with Crippen LogP contribution in [0.25, 0.3) is 0 Å². The maximum absolute atomic E-state index is 12.1. The SMILES string of the molecule is COCc1cc([C@H]2OCCC34C[C@@H](C[C@H]23)C(C)(C)[C@@H]4NC(C)=O)ccc1OC(C)C. The molecule has 1 spiro atoms. The van der Waals surface area contributed by atoms with Crippen LogP contribution in [-0.4, -0.2) is 31.8 Å². The third-order valence-electron chi connectivity index (χ3n) is 7.93. The summed E-state index contributed by atoms with van der Waals surface area (Å²) in [6.07, 6.45) is 3.55. The summed E-state index contributed by atoms with van der Waals surface area (Å²) in [5.74, 6) is 2.00. The van der Waals surface area contributed by atoms with Gasteiger partial charge in [0.2, 0.25) is 5.91 Å². The Balaban J connectivity index is 1.67. The van der Waals surface area contributed by atoms with E-state index in [2.05, 4.69) is 37.4 Å². The molecule has 1 aliphatic heterocycles. The lowest BCUT2D eigenvalue weighted by molar-refractivity contribution is -0.136. The number of rotatable bonds is 6. The Bertz CT molecular complexity index is 804. The number of ether oxygens (including phenoxy) is 3. The molecule has 30 heavy (non-hydrogen) atoms. The molecule has 0 aromatic heterocycles. The Morgan fingerprint density at radius 3 is 2.77 bits per heavy atom. The fraction of sp³-hybridized carbons (Fsp3) is 0.720. The van der Waals surface area contributed by atoms with Crippen molar-refractivity contribution in [2.24, 2.45) is 22.7 Å². The van der Waals surface area contributed by atoms with Gasteiger partial charge in [-0.3, -0.25) is 4.79 Å². The van der Waals surface area contributed by atoms with Crippen molar-refractivity contribution >= 4 is 5.91 Å². The highest BCUT2D eigenvalue weighted by Crippen LogP contribution is 2.70. The molecule has 5 atom stereocenters. The summed E-state index contributed by atoms with van der Waals surface area (Å²) < 4.78 is 17.8.